The van der Waals surface area contributed by atoms with E-state index in [9.17, 15) is 4.79 Å². The maximum absolute atomic E-state index is 13.0. The monoisotopic (exact) mass is 410 g/mol. The first-order valence-electron chi connectivity index (χ1n) is 9.80. The molecule has 7 heteroatoms. The number of nitrogens with one attached hydrogen (secondary N) is 2. The van der Waals surface area contributed by atoms with Gasteiger partial charge in [0.2, 0.25) is 0 Å². The van der Waals surface area contributed by atoms with Gasteiger partial charge in [0.05, 0.1) is 18.1 Å². The quantitative estimate of drug-likeness (QED) is 0.468. The Labute approximate surface area is 180 Å². The number of pyridine rings is 1. The minimum Gasteiger partial charge on any atom is -0.355 e. The summed E-state index contributed by atoms with van der Waals surface area (Å²) in [7, 11) is 1.77. The van der Waals surface area contributed by atoms with Crippen LogP contribution in [0.2, 0.25) is 0 Å². The Kier molecular flexibility index (Phi) is 5.84. The molecule has 0 bridgehead atoms. The van der Waals surface area contributed by atoms with Crippen molar-refractivity contribution in [3.8, 4) is 0 Å². The number of anilines is 5. The molecule has 0 aliphatic carbocycles. The molecule has 7 nitrogen and oxygen atoms in total. The van der Waals surface area contributed by atoms with Crippen LogP contribution in [0.4, 0.5) is 28.4 Å². The van der Waals surface area contributed by atoms with E-state index in [0.717, 1.165) is 34.1 Å². The molecule has 2 N–H and O–H groups in total. The second kappa shape index (κ2) is 9.04. The van der Waals surface area contributed by atoms with Crippen molar-refractivity contribution >= 4 is 34.3 Å². The molecule has 2 aromatic heterocycles. The third-order valence-corrected chi connectivity index (χ3v) is 4.73. The van der Waals surface area contributed by atoms with Gasteiger partial charge >= 0.3 is 0 Å². The van der Waals surface area contributed by atoms with Crippen LogP contribution in [0.1, 0.15) is 16.1 Å². The first kappa shape index (κ1) is 20.0. The van der Waals surface area contributed by atoms with E-state index < -0.39 is 0 Å². The van der Waals surface area contributed by atoms with E-state index in [0.29, 0.717) is 5.56 Å². The van der Waals surface area contributed by atoms with E-state index in [-0.39, 0.29) is 5.91 Å². The summed E-state index contributed by atoms with van der Waals surface area (Å²) in [4.78, 5) is 18.8. The second-order valence-corrected chi connectivity index (χ2v) is 7.06. The fraction of sp³-hybridized carbons (Fsp3) is 0.0833. The number of aromatic nitrogens is 3. The molecule has 0 atom stereocenters. The van der Waals surface area contributed by atoms with E-state index in [1.165, 1.54) is 0 Å². The number of carbonyl (C=O) groups is 1. The molecule has 0 radical (unpaired) electrons. The Morgan fingerprint density at radius 2 is 1.55 bits per heavy atom. The molecule has 1 amide bonds. The highest BCUT2D eigenvalue weighted by Crippen LogP contribution is 2.24. The van der Waals surface area contributed by atoms with Gasteiger partial charge in [0.25, 0.3) is 5.91 Å². The van der Waals surface area contributed by atoms with Crippen LogP contribution in [-0.2, 0) is 0 Å². The predicted octanol–water partition coefficient (Wildman–Crippen LogP) is 4.94. The maximum Gasteiger partial charge on any atom is 0.258 e. The van der Waals surface area contributed by atoms with Crippen molar-refractivity contribution in [3.05, 3.63) is 96.6 Å². The van der Waals surface area contributed by atoms with Gasteiger partial charge in [-0.15, -0.1) is 0 Å². The van der Waals surface area contributed by atoms with Crippen LogP contribution in [0.25, 0.3) is 0 Å². The summed E-state index contributed by atoms with van der Waals surface area (Å²) in [5, 5.41) is 14.2. The number of nitrogens with zero attached hydrogens (tertiary/aromatic N) is 4. The summed E-state index contributed by atoms with van der Waals surface area (Å²) in [5.74, 6) is -0.0889. The molecule has 2 aromatic carbocycles. The molecule has 0 saturated carbocycles. The van der Waals surface area contributed by atoms with Crippen LogP contribution >= 0.6 is 0 Å². The van der Waals surface area contributed by atoms with Gasteiger partial charge < -0.3 is 15.5 Å². The van der Waals surface area contributed by atoms with Crippen molar-refractivity contribution in [1.29, 1.82) is 0 Å². The second-order valence-electron chi connectivity index (χ2n) is 7.06. The van der Waals surface area contributed by atoms with Crippen LogP contribution in [0, 0.1) is 6.92 Å². The van der Waals surface area contributed by atoms with Crippen molar-refractivity contribution in [2.75, 3.05) is 22.6 Å². The smallest absolute Gasteiger partial charge is 0.258 e. The molecule has 0 aliphatic rings. The standard InChI is InChI=1S/C24H22N6O/c1-17-14-21(10-12-25-17)28-19-8-6-18(7-9-19)24(31)30(2)23-5-3-4-20(15-23)29-22-11-13-26-27-16-22/h3-16H,1-2H3,(H,25,28)(H,26,29). The van der Waals surface area contributed by atoms with E-state index in [1.54, 1.807) is 30.5 Å². The molecule has 0 spiro atoms. The summed E-state index contributed by atoms with van der Waals surface area (Å²) < 4.78 is 0. The van der Waals surface area contributed by atoms with Gasteiger partial charge in [0.15, 0.2) is 0 Å². The minimum atomic E-state index is -0.0889. The highest BCUT2D eigenvalue weighted by atomic mass is 16.2. The molecule has 4 aromatic rings. The molecule has 154 valence electrons. The topological polar surface area (TPSA) is 83.0 Å². The molecule has 0 unspecified atom stereocenters. The molecule has 4 rings (SSSR count). The zero-order valence-electron chi connectivity index (χ0n) is 17.3. The van der Waals surface area contributed by atoms with Gasteiger partial charge in [0, 0.05) is 47.3 Å². The molecule has 0 fully saturated rings. The molecule has 0 aliphatic heterocycles. The summed E-state index contributed by atoms with van der Waals surface area (Å²) >= 11 is 0. The van der Waals surface area contributed by atoms with Crippen molar-refractivity contribution < 1.29 is 4.79 Å². The Morgan fingerprint density at radius 1 is 0.806 bits per heavy atom. The van der Waals surface area contributed by atoms with E-state index >= 15 is 0 Å². The number of hydrogen-bond acceptors (Lipinski definition) is 6. The van der Waals surface area contributed by atoms with Gasteiger partial charge in [-0.05, 0) is 67.6 Å². The largest absolute Gasteiger partial charge is 0.355 e. The van der Waals surface area contributed by atoms with Crippen molar-refractivity contribution in [1.82, 2.24) is 15.2 Å². The molecule has 0 saturated heterocycles. The Bertz CT molecular complexity index is 1180. The van der Waals surface area contributed by atoms with Gasteiger partial charge in [0.1, 0.15) is 0 Å². The van der Waals surface area contributed by atoms with E-state index in [2.05, 4.69) is 25.8 Å². The Morgan fingerprint density at radius 3 is 2.29 bits per heavy atom. The lowest BCUT2D eigenvalue weighted by Gasteiger charge is -2.19. The maximum atomic E-state index is 13.0. The van der Waals surface area contributed by atoms with E-state index in [4.69, 9.17) is 0 Å². The normalized spacial score (nSPS) is 10.4. The molecular weight excluding hydrogens is 388 g/mol. The van der Waals surface area contributed by atoms with Crippen LogP contribution in [0.3, 0.4) is 0 Å². The van der Waals surface area contributed by atoms with Crippen LogP contribution < -0.4 is 15.5 Å². The highest BCUT2D eigenvalue weighted by Gasteiger charge is 2.14. The van der Waals surface area contributed by atoms with Crippen molar-refractivity contribution in [3.63, 3.8) is 0 Å². The molecule has 2 heterocycles. The summed E-state index contributed by atoms with van der Waals surface area (Å²) in [6, 6.07) is 20.8. The lowest BCUT2D eigenvalue weighted by molar-refractivity contribution is 0.0993. The Hall–Kier alpha value is -4.26. The third-order valence-electron chi connectivity index (χ3n) is 4.73. The van der Waals surface area contributed by atoms with Gasteiger partial charge in [-0.1, -0.05) is 6.07 Å². The third kappa shape index (κ3) is 5.02. The first-order chi connectivity index (χ1) is 15.1. The molecule has 31 heavy (non-hydrogen) atoms. The number of benzene rings is 2. The molecular formula is C24H22N6O. The minimum absolute atomic E-state index is 0.0889. The fourth-order valence-electron chi connectivity index (χ4n) is 3.12. The summed E-state index contributed by atoms with van der Waals surface area (Å²) in [6.45, 7) is 1.95. The number of carbonyl (C=O) groups excluding carboxylic acids is 1. The lowest BCUT2D eigenvalue weighted by atomic mass is 10.1. The van der Waals surface area contributed by atoms with Crippen LogP contribution in [-0.4, -0.2) is 28.1 Å². The number of aryl methyl sites for hydroxylation is 1. The number of amides is 1. The zero-order chi connectivity index (χ0) is 21.6. The van der Waals surface area contributed by atoms with E-state index in [1.807, 2.05) is 73.7 Å². The van der Waals surface area contributed by atoms with Crippen LogP contribution in [0.15, 0.2) is 85.3 Å². The predicted molar refractivity (Wildman–Crippen MR) is 123 cm³/mol. The van der Waals surface area contributed by atoms with Crippen molar-refractivity contribution in [2.45, 2.75) is 6.92 Å². The lowest BCUT2D eigenvalue weighted by Crippen LogP contribution is -2.26. The van der Waals surface area contributed by atoms with Crippen LogP contribution in [0.5, 0.6) is 0 Å². The van der Waals surface area contributed by atoms with Gasteiger partial charge in [-0.25, -0.2) is 0 Å². The van der Waals surface area contributed by atoms with Gasteiger partial charge in [-0.3, -0.25) is 9.78 Å². The average molecular weight is 410 g/mol. The zero-order valence-corrected chi connectivity index (χ0v) is 17.3. The van der Waals surface area contributed by atoms with Crippen molar-refractivity contribution in [2.24, 2.45) is 0 Å². The number of hydrogen-bond donors (Lipinski definition) is 2. The fourth-order valence-corrected chi connectivity index (χ4v) is 3.12. The summed E-state index contributed by atoms with van der Waals surface area (Å²) in [5.41, 5.74) is 5.88. The average Bonchev–Trinajstić information content (AvgIpc) is 2.79. The Balaban J connectivity index is 1.46. The SMILES string of the molecule is Cc1cc(Nc2ccc(C(=O)N(C)c3cccc(Nc4ccnnc4)c3)cc2)ccn1. The highest BCUT2D eigenvalue weighted by molar-refractivity contribution is 6.06. The summed E-state index contributed by atoms with van der Waals surface area (Å²) in [6.07, 6.45) is 5.03. The first-order valence-corrected chi connectivity index (χ1v) is 9.80. The van der Waals surface area contributed by atoms with Gasteiger partial charge in [-0.2, -0.15) is 10.2 Å². The number of rotatable bonds is 6.